The molecule has 6 rings (SSSR count). The lowest BCUT2D eigenvalue weighted by Crippen LogP contribution is -2.58. The molecule has 3 N–H and O–H groups in total. The molecule has 0 aromatic carbocycles. The molecule has 1 saturated heterocycles. The fourth-order valence-corrected chi connectivity index (χ4v) is 5.88. The van der Waals surface area contributed by atoms with Crippen LogP contribution in [0, 0.1) is 5.41 Å². The van der Waals surface area contributed by atoms with Crippen molar-refractivity contribution in [1.82, 2.24) is 19.9 Å². The quantitative estimate of drug-likeness (QED) is 0.481. The van der Waals surface area contributed by atoms with Crippen LogP contribution < -0.4 is 20.5 Å². The van der Waals surface area contributed by atoms with Gasteiger partial charge in [0.05, 0.1) is 43.1 Å². The average molecular weight is 506 g/mol. The van der Waals surface area contributed by atoms with Crippen LogP contribution in [-0.2, 0) is 16.0 Å². The van der Waals surface area contributed by atoms with Gasteiger partial charge in [-0.05, 0) is 49.3 Å². The third-order valence-corrected chi connectivity index (χ3v) is 7.71. The molecule has 1 spiro atoms. The summed E-state index contributed by atoms with van der Waals surface area (Å²) in [6, 6.07) is 7.51. The van der Waals surface area contributed by atoms with Crippen molar-refractivity contribution in [3.05, 3.63) is 54.0 Å². The van der Waals surface area contributed by atoms with Crippen LogP contribution in [0.25, 0.3) is 5.52 Å². The predicted molar refractivity (Wildman–Crippen MR) is 133 cm³/mol. The molecule has 3 aromatic rings. The largest absolute Gasteiger partial charge is 0.489 e. The summed E-state index contributed by atoms with van der Waals surface area (Å²) in [6.45, 7) is 1.44. The zero-order valence-electron chi connectivity index (χ0n) is 20.6. The van der Waals surface area contributed by atoms with Gasteiger partial charge in [-0.15, -0.1) is 0 Å². The van der Waals surface area contributed by atoms with E-state index in [0.29, 0.717) is 17.0 Å². The Morgan fingerprint density at radius 3 is 2.70 bits per heavy atom. The first kappa shape index (κ1) is 23.7. The van der Waals surface area contributed by atoms with Crippen LogP contribution in [0.1, 0.15) is 54.4 Å². The van der Waals surface area contributed by atoms with Gasteiger partial charge in [-0.25, -0.2) is 9.50 Å². The molecular weight excluding hydrogens is 474 g/mol. The third-order valence-electron chi connectivity index (χ3n) is 7.71. The van der Waals surface area contributed by atoms with Gasteiger partial charge in [-0.2, -0.15) is 5.10 Å². The van der Waals surface area contributed by atoms with Crippen molar-refractivity contribution in [3.63, 3.8) is 0 Å². The Morgan fingerprint density at radius 2 is 1.92 bits per heavy atom. The van der Waals surface area contributed by atoms with E-state index in [0.717, 1.165) is 63.0 Å². The summed E-state index contributed by atoms with van der Waals surface area (Å²) >= 11 is 0. The number of fused-ring (bicyclic) bond motifs is 1. The Balaban J connectivity index is 1.00. The highest BCUT2D eigenvalue weighted by Crippen LogP contribution is 2.56. The van der Waals surface area contributed by atoms with Gasteiger partial charge >= 0.3 is 0 Å². The van der Waals surface area contributed by atoms with E-state index < -0.39 is 5.91 Å². The molecule has 2 amide bonds. The SMILES string of the molecule is NC(=O)Cc1cccnc1OC1CC2(CC(NC(=O)c3cnn4cc(OC5CCOCC5)ccc34)C2)C1. The Bertz CT molecular complexity index is 1300. The number of nitrogens with zero attached hydrogens (tertiary/aromatic N) is 3. The second kappa shape index (κ2) is 9.66. The summed E-state index contributed by atoms with van der Waals surface area (Å²) in [5.74, 6) is 0.712. The molecule has 3 fully saturated rings. The zero-order valence-corrected chi connectivity index (χ0v) is 20.6. The maximum absolute atomic E-state index is 13.0. The lowest BCUT2D eigenvalue weighted by molar-refractivity contribution is -0.117. The molecule has 4 heterocycles. The van der Waals surface area contributed by atoms with Crippen LogP contribution in [0.4, 0.5) is 0 Å². The van der Waals surface area contributed by atoms with E-state index >= 15 is 0 Å². The summed E-state index contributed by atoms with van der Waals surface area (Å²) in [5, 5.41) is 7.54. The first-order valence-electron chi connectivity index (χ1n) is 12.9. The molecule has 0 atom stereocenters. The first-order valence-corrected chi connectivity index (χ1v) is 12.9. The molecule has 10 nitrogen and oxygen atoms in total. The fraction of sp³-hybridized carbons (Fsp3) is 0.481. The fourth-order valence-electron chi connectivity index (χ4n) is 5.88. The van der Waals surface area contributed by atoms with E-state index in [-0.39, 0.29) is 36.0 Å². The van der Waals surface area contributed by atoms with Gasteiger partial charge in [0.2, 0.25) is 11.8 Å². The highest BCUT2D eigenvalue weighted by atomic mass is 16.5. The number of rotatable bonds is 8. The topological polar surface area (TPSA) is 130 Å². The number of aromatic nitrogens is 3. The Morgan fingerprint density at radius 1 is 1.11 bits per heavy atom. The Labute approximate surface area is 214 Å². The van der Waals surface area contributed by atoms with Crippen molar-refractivity contribution in [3.8, 4) is 11.6 Å². The molecule has 194 valence electrons. The summed E-state index contributed by atoms with van der Waals surface area (Å²) in [5.41, 5.74) is 7.57. The third kappa shape index (κ3) is 4.98. The number of carbonyl (C=O) groups excluding carboxylic acids is 2. The van der Waals surface area contributed by atoms with Crippen molar-refractivity contribution in [2.24, 2.45) is 11.1 Å². The van der Waals surface area contributed by atoms with E-state index in [1.165, 1.54) is 0 Å². The molecule has 37 heavy (non-hydrogen) atoms. The Hall–Kier alpha value is -3.66. The van der Waals surface area contributed by atoms with Gasteiger partial charge in [0.25, 0.3) is 5.91 Å². The van der Waals surface area contributed by atoms with E-state index in [1.54, 1.807) is 23.0 Å². The average Bonchev–Trinajstić information content (AvgIpc) is 3.26. The number of ether oxygens (including phenoxy) is 3. The maximum Gasteiger partial charge on any atom is 0.255 e. The van der Waals surface area contributed by atoms with Crippen LogP contribution in [-0.4, -0.2) is 57.9 Å². The van der Waals surface area contributed by atoms with Gasteiger partial charge < -0.3 is 25.3 Å². The number of nitrogens with one attached hydrogen (secondary N) is 1. The van der Waals surface area contributed by atoms with Gasteiger partial charge in [0.1, 0.15) is 18.0 Å². The zero-order chi connectivity index (χ0) is 25.4. The van der Waals surface area contributed by atoms with Crippen LogP contribution in [0.3, 0.4) is 0 Å². The highest BCUT2D eigenvalue weighted by Gasteiger charge is 2.54. The number of pyridine rings is 2. The number of primary amides is 1. The van der Waals surface area contributed by atoms with Crippen molar-refractivity contribution < 1.29 is 23.8 Å². The summed E-state index contributed by atoms with van der Waals surface area (Å²) in [4.78, 5) is 28.6. The van der Waals surface area contributed by atoms with Crippen molar-refractivity contribution in [1.29, 1.82) is 0 Å². The monoisotopic (exact) mass is 505 g/mol. The van der Waals surface area contributed by atoms with Crippen molar-refractivity contribution in [2.75, 3.05) is 13.2 Å². The summed E-state index contributed by atoms with van der Waals surface area (Å²) in [6.07, 6.45) is 10.9. The first-order chi connectivity index (χ1) is 18.0. The summed E-state index contributed by atoms with van der Waals surface area (Å²) in [7, 11) is 0. The second-order valence-corrected chi connectivity index (χ2v) is 10.5. The smallest absolute Gasteiger partial charge is 0.255 e. The van der Waals surface area contributed by atoms with E-state index in [9.17, 15) is 9.59 Å². The van der Waals surface area contributed by atoms with Crippen LogP contribution >= 0.6 is 0 Å². The number of amides is 2. The van der Waals surface area contributed by atoms with E-state index in [4.69, 9.17) is 19.9 Å². The number of hydrogen-bond acceptors (Lipinski definition) is 7. The minimum atomic E-state index is -0.407. The van der Waals surface area contributed by atoms with Gasteiger partial charge in [-0.3, -0.25) is 9.59 Å². The van der Waals surface area contributed by atoms with Crippen LogP contribution in [0.15, 0.2) is 42.9 Å². The molecule has 3 aromatic heterocycles. The summed E-state index contributed by atoms with van der Waals surface area (Å²) < 4.78 is 19.2. The molecule has 2 saturated carbocycles. The standard InChI is InChI=1S/C27H31N5O5/c28-24(33)10-17-2-1-7-29-26(17)37-21-13-27(14-21)11-18(12-27)31-25(34)22-15-30-32-16-20(3-4-23(22)32)36-19-5-8-35-9-6-19/h1-4,7,15-16,18-19,21H,5-6,8-14H2,(H2,28,33)(H,31,34). The molecule has 0 bridgehead atoms. The number of carbonyl (C=O) groups is 2. The molecular formula is C27H31N5O5. The molecule has 2 aliphatic carbocycles. The lowest BCUT2D eigenvalue weighted by atomic mass is 9.53. The van der Waals surface area contributed by atoms with Gasteiger partial charge in [0.15, 0.2) is 0 Å². The molecule has 10 heteroatoms. The van der Waals surface area contributed by atoms with Crippen LogP contribution in [0.5, 0.6) is 11.6 Å². The van der Waals surface area contributed by atoms with E-state index in [2.05, 4.69) is 15.4 Å². The predicted octanol–water partition coefficient (Wildman–Crippen LogP) is 2.43. The van der Waals surface area contributed by atoms with E-state index in [1.807, 2.05) is 24.4 Å². The van der Waals surface area contributed by atoms with Gasteiger partial charge in [0, 0.05) is 30.6 Å². The molecule has 0 unspecified atom stereocenters. The Kier molecular flexibility index (Phi) is 6.19. The minimum Gasteiger partial charge on any atom is -0.489 e. The highest BCUT2D eigenvalue weighted by molar-refractivity contribution is 6.00. The van der Waals surface area contributed by atoms with Crippen LogP contribution in [0.2, 0.25) is 0 Å². The minimum absolute atomic E-state index is 0.0651. The maximum atomic E-state index is 13.0. The molecule has 0 radical (unpaired) electrons. The normalized spacial score (nSPS) is 25.3. The molecule has 3 aliphatic rings. The number of nitrogens with two attached hydrogens (primary N) is 1. The molecule has 1 aliphatic heterocycles. The lowest BCUT2D eigenvalue weighted by Gasteiger charge is -2.57. The van der Waals surface area contributed by atoms with Gasteiger partial charge in [-0.1, -0.05) is 6.07 Å². The number of hydrogen-bond donors (Lipinski definition) is 2. The van der Waals surface area contributed by atoms with Crippen molar-refractivity contribution in [2.45, 2.75) is 63.2 Å². The van der Waals surface area contributed by atoms with Crippen molar-refractivity contribution >= 4 is 17.3 Å². The second-order valence-electron chi connectivity index (χ2n) is 10.5.